The van der Waals surface area contributed by atoms with Gasteiger partial charge in [0.25, 0.3) is 0 Å². The summed E-state index contributed by atoms with van der Waals surface area (Å²) in [6, 6.07) is 18.8. The lowest BCUT2D eigenvalue weighted by atomic mass is 10.1. The summed E-state index contributed by atoms with van der Waals surface area (Å²) < 4.78 is 0. The molecule has 1 aromatic heterocycles. The van der Waals surface area contributed by atoms with Crippen molar-refractivity contribution in [1.29, 1.82) is 0 Å². The molecule has 0 bridgehead atoms. The Morgan fingerprint density at radius 2 is 1.96 bits per heavy atom. The number of carbonyl (C=O) groups is 1. The van der Waals surface area contributed by atoms with Gasteiger partial charge in [0.15, 0.2) is 5.13 Å². The number of thiazole rings is 1. The minimum Gasteiger partial charge on any atom is -0.301 e. The highest BCUT2D eigenvalue weighted by atomic mass is 32.2. The van der Waals surface area contributed by atoms with Crippen LogP contribution in [0.2, 0.25) is 0 Å². The van der Waals surface area contributed by atoms with Crippen molar-refractivity contribution in [3.63, 3.8) is 0 Å². The van der Waals surface area contributed by atoms with Crippen LogP contribution in [0.15, 0.2) is 59.5 Å². The fourth-order valence-electron chi connectivity index (χ4n) is 3.79. The standard InChI is InChI=1S/C22H21N3OS2/c26-21(19-12-16-8-4-5-9-18(16)27-19)24-22-23-17-10-11-25(14-20(17)28-22)13-15-6-2-1-3-7-15/h1-9,19H,10-14H2,(H,23,24,26). The molecule has 0 fully saturated rings. The van der Waals surface area contributed by atoms with E-state index in [2.05, 4.69) is 52.7 Å². The van der Waals surface area contributed by atoms with E-state index in [-0.39, 0.29) is 11.2 Å². The molecule has 1 unspecified atom stereocenters. The van der Waals surface area contributed by atoms with Crippen LogP contribution in [0.4, 0.5) is 5.13 Å². The molecule has 1 amide bonds. The smallest absolute Gasteiger partial charge is 0.239 e. The summed E-state index contributed by atoms with van der Waals surface area (Å²) in [7, 11) is 0. The summed E-state index contributed by atoms with van der Waals surface area (Å²) in [6.45, 7) is 2.87. The van der Waals surface area contributed by atoms with Crippen molar-refractivity contribution in [3.05, 3.63) is 76.3 Å². The molecule has 1 atom stereocenters. The highest BCUT2D eigenvalue weighted by Gasteiger charge is 2.29. The van der Waals surface area contributed by atoms with Gasteiger partial charge in [-0.2, -0.15) is 0 Å². The molecule has 142 valence electrons. The van der Waals surface area contributed by atoms with Crippen molar-refractivity contribution >= 4 is 34.1 Å². The van der Waals surface area contributed by atoms with Crippen LogP contribution in [0.3, 0.4) is 0 Å². The topological polar surface area (TPSA) is 45.2 Å². The normalized spacial score (nSPS) is 18.5. The minimum atomic E-state index is -0.0621. The van der Waals surface area contributed by atoms with Gasteiger partial charge in [0.2, 0.25) is 5.91 Å². The highest BCUT2D eigenvalue weighted by Crippen LogP contribution is 2.37. The minimum absolute atomic E-state index is 0.0621. The van der Waals surface area contributed by atoms with E-state index in [4.69, 9.17) is 4.98 Å². The number of nitrogens with one attached hydrogen (secondary N) is 1. The third kappa shape index (κ3) is 3.72. The first-order chi connectivity index (χ1) is 13.7. The molecular formula is C22H21N3OS2. The summed E-state index contributed by atoms with van der Waals surface area (Å²) in [5.74, 6) is 0.0634. The van der Waals surface area contributed by atoms with E-state index in [0.29, 0.717) is 0 Å². The van der Waals surface area contributed by atoms with Gasteiger partial charge in [0.05, 0.1) is 10.9 Å². The first kappa shape index (κ1) is 17.9. The van der Waals surface area contributed by atoms with E-state index in [0.717, 1.165) is 43.3 Å². The molecule has 0 saturated carbocycles. The Kier molecular flexibility index (Phi) is 4.93. The van der Waals surface area contributed by atoms with Gasteiger partial charge in [0, 0.05) is 35.8 Å². The highest BCUT2D eigenvalue weighted by molar-refractivity contribution is 8.01. The van der Waals surface area contributed by atoms with E-state index in [1.54, 1.807) is 23.1 Å². The van der Waals surface area contributed by atoms with Crippen LogP contribution in [0, 0.1) is 0 Å². The first-order valence-corrected chi connectivity index (χ1v) is 11.2. The summed E-state index contributed by atoms with van der Waals surface area (Å²) in [4.78, 5) is 22.4. The van der Waals surface area contributed by atoms with Crippen LogP contribution < -0.4 is 5.32 Å². The molecule has 0 saturated heterocycles. The second kappa shape index (κ2) is 7.70. The number of fused-ring (bicyclic) bond motifs is 2. The Bertz CT molecular complexity index is 977. The van der Waals surface area contributed by atoms with Crippen molar-refractivity contribution in [2.75, 3.05) is 11.9 Å². The molecule has 3 heterocycles. The van der Waals surface area contributed by atoms with Crippen LogP contribution in [0.25, 0.3) is 0 Å². The van der Waals surface area contributed by atoms with Crippen LogP contribution in [-0.2, 0) is 30.7 Å². The monoisotopic (exact) mass is 407 g/mol. The zero-order chi connectivity index (χ0) is 18.9. The maximum Gasteiger partial charge on any atom is 0.239 e. The van der Waals surface area contributed by atoms with E-state index < -0.39 is 0 Å². The van der Waals surface area contributed by atoms with Crippen molar-refractivity contribution in [2.45, 2.75) is 36.1 Å². The Morgan fingerprint density at radius 3 is 2.82 bits per heavy atom. The lowest BCUT2D eigenvalue weighted by molar-refractivity contribution is -0.115. The van der Waals surface area contributed by atoms with Gasteiger partial charge < -0.3 is 5.32 Å². The number of hydrogen-bond donors (Lipinski definition) is 1. The molecule has 3 aromatic rings. The van der Waals surface area contributed by atoms with Gasteiger partial charge >= 0.3 is 0 Å². The quantitative estimate of drug-likeness (QED) is 0.698. The molecule has 2 aromatic carbocycles. The molecule has 28 heavy (non-hydrogen) atoms. The number of anilines is 1. The maximum absolute atomic E-state index is 12.7. The SMILES string of the molecule is O=C(Nc1nc2c(s1)CN(Cc1ccccc1)CC2)C1Cc2ccccc2S1. The summed E-state index contributed by atoms with van der Waals surface area (Å²) in [6.07, 6.45) is 1.74. The lowest BCUT2D eigenvalue weighted by Crippen LogP contribution is -2.29. The number of carbonyl (C=O) groups excluding carboxylic acids is 1. The number of amides is 1. The average molecular weight is 408 g/mol. The summed E-state index contributed by atoms with van der Waals surface area (Å²) in [5, 5.41) is 3.75. The average Bonchev–Trinajstić information content (AvgIpc) is 3.32. The molecule has 1 N–H and O–H groups in total. The number of rotatable bonds is 4. The molecule has 4 nitrogen and oxygen atoms in total. The number of hydrogen-bond acceptors (Lipinski definition) is 5. The predicted molar refractivity (Wildman–Crippen MR) is 115 cm³/mol. The fraction of sp³-hybridized carbons (Fsp3) is 0.273. The van der Waals surface area contributed by atoms with Crippen LogP contribution in [0.5, 0.6) is 0 Å². The molecule has 2 aliphatic rings. The van der Waals surface area contributed by atoms with Crippen LogP contribution in [-0.4, -0.2) is 27.6 Å². The maximum atomic E-state index is 12.7. The van der Waals surface area contributed by atoms with E-state index in [9.17, 15) is 4.79 Å². The first-order valence-electron chi connectivity index (χ1n) is 9.55. The van der Waals surface area contributed by atoms with E-state index >= 15 is 0 Å². The van der Waals surface area contributed by atoms with E-state index in [1.807, 2.05) is 12.1 Å². The van der Waals surface area contributed by atoms with Crippen LogP contribution in [0.1, 0.15) is 21.7 Å². The van der Waals surface area contributed by atoms with Crippen molar-refractivity contribution in [2.24, 2.45) is 0 Å². The zero-order valence-electron chi connectivity index (χ0n) is 15.4. The number of thioether (sulfide) groups is 1. The van der Waals surface area contributed by atoms with Crippen LogP contribution >= 0.6 is 23.1 Å². The van der Waals surface area contributed by atoms with Gasteiger partial charge in [-0.1, -0.05) is 48.5 Å². The van der Waals surface area contributed by atoms with Gasteiger partial charge in [-0.3, -0.25) is 9.69 Å². The number of nitrogens with zero attached hydrogens (tertiary/aromatic N) is 2. The molecule has 0 radical (unpaired) electrons. The second-order valence-electron chi connectivity index (χ2n) is 7.24. The number of benzene rings is 2. The Balaban J connectivity index is 1.22. The lowest BCUT2D eigenvalue weighted by Gasteiger charge is -2.25. The van der Waals surface area contributed by atoms with Gasteiger partial charge in [-0.05, 0) is 23.6 Å². The zero-order valence-corrected chi connectivity index (χ0v) is 17.1. The summed E-state index contributed by atoms with van der Waals surface area (Å²) in [5.41, 5.74) is 3.75. The summed E-state index contributed by atoms with van der Waals surface area (Å²) >= 11 is 3.28. The fourth-order valence-corrected chi connectivity index (χ4v) is 6.04. The van der Waals surface area contributed by atoms with E-state index in [1.165, 1.54) is 20.9 Å². The van der Waals surface area contributed by atoms with Gasteiger partial charge in [-0.25, -0.2) is 4.98 Å². The second-order valence-corrected chi connectivity index (χ2v) is 9.57. The van der Waals surface area contributed by atoms with Gasteiger partial charge in [-0.15, -0.1) is 23.1 Å². The Morgan fingerprint density at radius 1 is 1.14 bits per heavy atom. The Hall–Kier alpha value is -2.15. The molecule has 6 heteroatoms. The van der Waals surface area contributed by atoms with Crippen molar-refractivity contribution in [3.8, 4) is 0 Å². The predicted octanol–water partition coefficient (Wildman–Crippen LogP) is 4.36. The third-order valence-corrected chi connectivity index (χ3v) is 7.54. The Labute approximate surface area is 173 Å². The van der Waals surface area contributed by atoms with Gasteiger partial charge in [0.1, 0.15) is 0 Å². The largest absolute Gasteiger partial charge is 0.301 e. The third-order valence-electron chi connectivity index (χ3n) is 5.23. The molecule has 2 aliphatic heterocycles. The molecule has 0 aliphatic carbocycles. The van der Waals surface area contributed by atoms with Crippen molar-refractivity contribution in [1.82, 2.24) is 9.88 Å². The number of aromatic nitrogens is 1. The van der Waals surface area contributed by atoms with Crippen molar-refractivity contribution < 1.29 is 4.79 Å². The molecular weight excluding hydrogens is 386 g/mol. The molecule has 0 spiro atoms. The molecule has 5 rings (SSSR count).